The highest BCUT2D eigenvalue weighted by Crippen LogP contribution is 2.36. The van der Waals surface area contributed by atoms with Crippen molar-refractivity contribution in [1.29, 1.82) is 0 Å². The van der Waals surface area contributed by atoms with Gasteiger partial charge in [0.15, 0.2) is 0 Å². The van der Waals surface area contributed by atoms with Gasteiger partial charge >= 0.3 is 0 Å². The molecule has 2 unspecified atom stereocenters. The molecular formula is C19H29F2NO. The molecule has 0 fully saturated rings. The molecule has 0 aromatic heterocycles. The molecule has 1 rings (SSSR count). The van der Waals surface area contributed by atoms with Gasteiger partial charge in [-0.05, 0) is 30.9 Å². The van der Waals surface area contributed by atoms with E-state index in [1.54, 1.807) is 0 Å². The van der Waals surface area contributed by atoms with E-state index in [1.165, 1.54) is 25.3 Å². The third-order valence-corrected chi connectivity index (χ3v) is 5.01. The summed E-state index contributed by atoms with van der Waals surface area (Å²) in [4.78, 5) is 12.7. The van der Waals surface area contributed by atoms with Gasteiger partial charge in [-0.1, -0.05) is 53.4 Å². The van der Waals surface area contributed by atoms with Gasteiger partial charge in [-0.2, -0.15) is 0 Å². The van der Waals surface area contributed by atoms with E-state index in [1.807, 2.05) is 13.8 Å². The van der Waals surface area contributed by atoms with E-state index in [0.717, 1.165) is 25.0 Å². The van der Waals surface area contributed by atoms with Crippen LogP contribution in [0.25, 0.3) is 0 Å². The predicted molar refractivity (Wildman–Crippen MR) is 91.3 cm³/mol. The summed E-state index contributed by atoms with van der Waals surface area (Å²) in [7, 11) is 0. The lowest BCUT2D eigenvalue weighted by Gasteiger charge is -2.33. The van der Waals surface area contributed by atoms with Crippen LogP contribution in [-0.4, -0.2) is 5.91 Å². The van der Waals surface area contributed by atoms with Crippen molar-refractivity contribution >= 4 is 11.6 Å². The zero-order valence-electron chi connectivity index (χ0n) is 14.7. The standard InChI is InChI=1S/C19H29F2NO/c1-5-7-8-9-10-14(3)19(4,6-2)18(23)22-17-12-11-15(20)13-16(17)21/h11-14H,5-10H2,1-4H3,(H,22,23). The van der Waals surface area contributed by atoms with Crippen LogP contribution in [0.3, 0.4) is 0 Å². The van der Waals surface area contributed by atoms with Crippen molar-refractivity contribution in [1.82, 2.24) is 0 Å². The van der Waals surface area contributed by atoms with Crippen molar-refractivity contribution in [2.24, 2.45) is 11.3 Å². The van der Waals surface area contributed by atoms with Gasteiger partial charge in [0.2, 0.25) is 5.91 Å². The van der Waals surface area contributed by atoms with Gasteiger partial charge in [-0.15, -0.1) is 0 Å². The van der Waals surface area contributed by atoms with Crippen LogP contribution < -0.4 is 5.32 Å². The fourth-order valence-corrected chi connectivity index (χ4v) is 2.78. The van der Waals surface area contributed by atoms with Crippen molar-refractivity contribution in [3.05, 3.63) is 29.8 Å². The minimum absolute atomic E-state index is 0.0363. The predicted octanol–water partition coefficient (Wildman–Crippen LogP) is 5.93. The van der Waals surface area contributed by atoms with Crippen molar-refractivity contribution in [2.75, 3.05) is 5.32 Å². The molecule has 1 aromatic carbocycles. The van der Waals surface area contributed by atoms with Crippen LogP contribution in [0.5, 0.6) is 0 Å². The summed E-state index contributed by atoms with van der Waals surface area (Å²) >= 11 is 0. The largest absolute Gasteiger partial charge is 0.323 e. The van der Waals surface area contributed by atoms with E-state index >= 15 is 0 Å². The molecule has 0 spiro atoms. The Morgan fingerprint density at radius 2 is 1.91 bits per heavy atom. The molecule has 0 heterocycles. The van der Waals surface area contributed by atoms with Gasteiger partial charge in [0.1, 0.15) is 11.6 Å². The Kier molecular flexibility index (Phi) is 7.66. The first-order chi connectivity index (χ1) is 10.8. The normalized spacial score (nSPS) is 15.0. The van der Waals surface area contributed by atoms with Gasteiger partial charge in [0.05, 0.1) is 5.69 Å². The number of anilines is 1. The Bertz CT molecular complexity index is 518. The van der Waals surface area contributed by atoms with Crippen LogP contribution in [-0.2, 0) is 4.79 Å². The number of hydrogen-bond acceptors (Lipinski definition) is 1. The van der Waals surface area contributed by atoms with Crippen LogP contribution >= 0.6 is 0 Å². The molecule has 0 saturated heterocycles. The molecule has 1 N–H and O–H groups in total. The van der Waals surface area contributed by atoms with E-state index in [4.69, 9.17) is 0 Å². The maximum atomic E-state index is 13.7. The smallest absolute Gasteiger partial charge is 0.230 e. The van der Waals surface area contributed by atoms with E-state index in [-0.39, 0.29) is 17.5 Å². The highest BCUT2D eigenvalue weighted by Gasteiger charge is 2.37. The van der Waals surface area contributed by atoms with Crippen LogP contribution in [0.4, 0.5) is 14.5 Å². The molecule has 23 heavy (non-hydrogen) atoms. The molecule has 2 nitrogen and oxygen atoms in total. The molecule has 1 amide bonds. The van der Waals surface area contributed by atoms with Gasteiger partial charge < -0.3 is 5.32 Å². The number of hydrogen-bond donors (Lipinski definition) is 1. The van der Waals surface area contributed by atoms with Crippen LogP contribution in [0.2, 0.25) is 0 Å². The van der Waals surface area contributed by atoms with Crippen molar-refractivity contribution in [3.63, 3.8) is 0 Å². The Morgan fingerprint density at radius 1 is 1.22 bits per heavy atom. The second-order valence-corrected chi connectivity index (χ2v) is 6.60. The summed E-state index contributed by atoms with van der Waals surface area (Å²) in [6.07, 6.45) is 6.32. The minimum Gasteiger partial charge on any atom is -0.323 e. The average Bonchev–Trinajstić information content (AvgIpc) is 2.53. The van der Waals surface area contributed by atoms with Crippen molar-refractivity contribution in [3.8, 4) is 0 Å². The quantitative estimate of drug-likeness (QED) is 0.560. The molecular weight excluding hydrogens is 296 g/mol. The summed E-state index contributed by atoms with van der Waals surface area (Å²) in [5.74, 6) is -1.39. The molecule has 0 radical (unpaired) electrons. The third-order valence-electron chi connectivity index (χ3n) is 5.01. The number of benzene rings is 1. The summed E-state index contributed by atoms with van der Waals surface area (Å²) in [6.45, 7) is 8.15. The summed E-state index contributed by atoms with van der Waals surface area (Å²) < 4.78 is 26.7. The highest BCUT2D eigenvalue weighted by molar-refractivity contribution is 5.95. The van der Waals surface area contributed by atoms with E-state index in [9.17, 15) is 13.6 Å². The molecule has 0 aliphatic carbocycles. The summed E-state index contributed by atoms with van der Waals surface area (Å²) in [5.41, 5.74) is -0.526. The minimum atomic E-state index is -0.743. The summed E-state index contributed by atoms with van der Waals surface area (Å²) in [6, 6.07) is 3.20. The Hall–Kier alpha value is -1.45. The van der Waals surface area contributed by atoms with Crippen molar-refractivity contribution < 1.29 is 13.6 Å². The molecule has 0 aliphatic rings. The van der Waals surface area contributed by atoms with Gasteiger partial charge in [0.25, 0.3) is 0 Å². The zero-order chi connectivity index (χ0) is 17.5. The monoisotopic (exact) mass is 325 g/mol. The molecule has 130 valence electrons. The fourth-order valence-electron chi connectivity index (χ4n) is 2.78. The maximum absolute atomic E-state index is 13.7. The number of nitrogens with one attached hydrogen (secondary N) is 1. The first kappa shape index (κ1) is 19.6. The molecule has 4 heteroatoms. The Labute approximate surface area is 138 Å². The van der Waals surface area contributed by atoms with Crippen LogP contribution in [0.1, 0.15) is 66.2 Å². The zero-order valence-corrected chi connectivity index (χ0v) is 14.7. The lowest BCUT2D eigenvalue weighted by atomic mass is 9.73. The number of amides is 1. The summed E-state index contributed by atoms with van der Waals surface area (Å²) in [5, 5.41) is 2.63. The van der Waals surface area contributed by atoms with Gasteiger partial charge in [-0.25, -0.2) is 8.78 Å². The number of unbranched alkanes of at least 4 members (excludes halogenated alkanes) is 3. The second kappa shape index (κ2) is 8.99. The average molecular weight is 325 g/mol. The molecule has 2 atom stereocenters. The number of carbonyl (C=O) groups is 1. The molecule has 0 aliphatic heterocycles. The number of halogens is 2. The highest BCUT2D eigenvalue weighted by atomic mass is 19.1. The third kappa shape index (κ3) is 5.29. The maximum Gasteiger partial charge on any atom is 0.230 e. The van der Waals surface area contributed by atoms with E-state index in [2.05, 4.69) is 19.2 Å². The first-order valence-electron chi connectivity index (χ1n) is 8.61. The fraction of sp³-hybridized carbons (Fsp3) is 0.632. The number of carbonyl (C=O) groups excluding carboxylic acids is 1. The van der Waals surface area contributed by atoms with Gasteiger partial charge in [0, 0.05) is 11.5 Å². The Balaban J connectivity index is 2.75. The molecule has 0 saturated carbocycles. The van der Waals surface area contributed by atoms with E-state index in [0.29, 0.717) is 6.42 Å². The van der Waals surface area contributed by atoms with Gasteiger partial charge in [-0.3, -0.25) is 4.79 Å². The lowest BCUT2D eigenvalue weighted by Crippen LogP contribution is -2.38. The van der Waals surface area contributed by atoms with Crippen LogP contribution in [0.15, 0.2) is 18.2 Å². The number of rotatable bonds is 9. The SMILES string of the molecule is CCCCCCC(C)C(C)(CC)C(=O)Nc1ccc(F)cc1F. The van der Waals surface area contributed by atoms with Crippen LogP contribution in [0, 0.1) is 23.0 Å². The Morgan fingerprint density at radius 3 is 2.48 bits per heavy atom. The topological polar surface area (TPSA) is 29.1 Å². The first-order valence-corrected chi connectivity index (χ1v) is 8.61. The molecule has 0 bridgehead atoms. The second-order valence-electron chi connectivity index (χ2n) is 6.60. The molecule has 1 aromatic rings. The van der Waals surface area contributed by atoms with E-state index < -0.39 is 17.0 Å². The lowest BCUT2D eigenvalue weighted by molar-refractivity contribution is -0.127. The van der Waals surface area contributed by atoms with Crippen molar-refractivity contribution in [2.45, 2.75) is 66.2 Å².